The fourth-order valence-corrected chi connectivity index (χ4v) is 3.99. The quantitative estimate of drug-likeness (QED) is 0.526. The van der Waals surface area contributed by atoms with Crippen molar-refractivity contribution in [2.45, 2.75) is 6.92 Å². The highest BCUT2D eigenvalue weighted by Gasteiger charge is 2.26. The zero-order chi connectivity index (χ0) is 24.7. The highest BCUT2D eigenvalue weighted by molar-refractivity contribution is 6.32. The molecule has 0 saturated carbocycles. The number of carbonyl (C=O) groups is 2. The van der Waals surface area contributed by atoms with Crippen LogP contribution in [0.5, 0.6) is 23.0 Å². The van der Waals surface area contributed by atoms with Gasteiger partial charge in [-0.25, -0.2) is 0 Å². The lowest BCUT2D eigenvalue weighted by Gasteiger charge is -2.34. The highest BCUT2D eigenvalue weighted by atomic mass is 35.5. The van der Waals surface area contributed by atoms with Gasteiger partial charge < -0.3 is 28.7 Å². The first kappa shape index (κ1) is 25.2. The van der Waals surface area contributed by atoms with Crippen molar-refractivity contribution in [1.82, 2.24) is 9.80 Å². The van der Waals surface area contributed by atoms with E-state index < -0.39 is 0 Å². The van der Waals surface area contributed by atoms with Gasteiger partial charge in [-0.3, -0.25) is 9.59 Å². The third kappa shape index (κ3) is 5.75. The topological polar surface area (TPSA) is 77.5 Å². The summed E-state index contributed by atoms with van der Waals surface area (Å²) in [7, 11) is 4.60. The summed E-state index contributed by atoms with van der Waals surface area (Å²) in [6, 6.07) is 8.59. The molecule has 0 unspecified atom stereocenters. The molecule has 3 rings (SSSR count). The Balaban J connectivity index is 1.63. The van der Waals surface area contributed by atoms with E-state index in [2.05, 4.69) is 0 Å². The third-order valence-corrected chi connectivity index (χ3v) is 5.75. The molecular formula is C25H29ClN2O6. The van der Waals surface area contributed by atoms with Crippen LogP contribution >= 0.6 is 11.6 Å². The molecule has 0 aromatic heterocycles. The van der Waals surface area contributed by atoms with Crippen molar-refractivity contribution in [2.75, 3.05) is 54.1 Å². The van der Waals surface area contributed by atoms with Crippen molar-refractivity contribution >= 4 is 29.5 Å². The highest BCUT2D eigenvalue weighted by Crippen LogP contribution is 2.36. The number of amides is 2. The fraction of sp³-hybridized carbons (Fsp3) is 0.360. The van der Waals surface area contributed by atoms with Gasteiger partial charge >= 0.3 is 0 Å². The first-order valence-electron chi connectivity index (χ1n) is 10.9. The normalized spacial score (nSPS) is 13.7. The van der Waals surface area contributed by atoms with Crippen LogP contribution < -0.4 is 18.9 Å². The minimum Gasteiger partial charge on any atom is -0.497 e. The van der Waals surface area contributed by atoms with Crippen molar-refractivity contribution in [2.24, 2.45) is 0 Å². The molecule has 34 heavy (non-hydrogen) atoms. The molecule has 0 N–H and O–H groups in total. The van der Waals surface area contributed by atoms with Gasteiger partial charge in [0.2, 0.25) is 5.91 Å². The van der Waals surface area contributed by atoms with Crippen LogP contribution in [0.3, 0.4) is 0 Å². The second-order valence-corrected chi connectivity index (χ2v) is 7.89. The Labute approximate surface area is 204 Å². The summed E-state index contributed by atoms with van der Waals surface area (Å²) >= 11 is 6.28. The summed E-state index contributed by atoms with van der Waals surface area (Å²) in [6.45, 7) is 4.05. The number of benzene rings is 2. The molecule has 9 heteroatoms. The number of hydrogen-bond donors (Lipinski definition) is 0. The number of hydrogen-bond acceptors (Lipinski definition) is 6. The molecular weight excluding hydrogens is 460 g/mol. The summed E-state index contributed by atoms with van der Waals surface area (Å²) < 4.78 is 21.4. The third-order valence-electron chi connectivity index (χ3n) is 5.47. The molecule has 0 radical (unpaired) electrons. The van der Waals surface area contributed by atoms with E-state index in [9.17, 15) is 9.59 Å². The van der Waals surface area contributed by atoms with Crippen molar-refractivity contribution in [3.8, 4) is 23.0 Å². The number of piperazine rings is 1. The number of carbonyl (C=O) groups excluding carboxylic acids is 2. The molecule has 1 aliphatic heterocycles. The standard InChI is InChI=1S/C25H29ClN2O6/c1-5-34-22-15-17(14-20(26)24(22)33-4)6-9-23(29)27-10-12-28(13-11-27)25(30)19-8-7-18(31-2)16-21(19)32-3/h6-9,14-16H,5,10-13H2,1-4H3. The Morgan fingerprint density at radius 1 is 0.941 bits per heavy atom. The second-order valence-electron chi connectivity index (χ2n) is 7.48. The lowest BCUT2D eigenvalue weighted by Crippen LogP contribution is -2.50. The van der Waals surface area contributed by atoms with Crippen molar-refractivity contribution in [1.29, 1.82) is 0 Å². The Morgan fingerprint density at radius 2 is 1.65 bits per heavy atom. The summed E-state index contributed by atoms with van der Waals surface area (Å²) in [4.78, 5) is 29.1. The van der Waals surface area contributed by atoms with Crippen LogP contribution in [0.2, 0.25) is 5.02 Å². The lowest BCUT2D eigenvalue weighted by atomic mass is 10.1. The van der Waals surface area contributed by atoms with E-state index in [0.717, 1.165) is 5.56 Å². The van der Waals surface area contributed by atoms with Gasteiger partial charge in [-0.1, -0.05) is 11.6 Å². The average molecular weight is 489 g/mol. The Bertz CT molecular complexity index is 1060. The maximum atomic E-state index is 13.0. The fourth-order valence-electron chi connectivity index (χ4n) is 3.69. The molecule has 1 aliphatic rings. The first-order chi connectivity index (χ1) is 16.4. The molecule has 1 fully saturated rings. The zero-order valence-electron chi connectivity index (χ0n) is 19.8. The molecule has 182 valence electrons. The maximum absolute atomic E-state index is 13.0. The van der Waals surface area contributed by atoms with Gasteiger partial charge in [-0.15, -0.1) is 0 Å². The Kier molecular flexibility index (Phi) is 8.65. The smallest absolute Gasteiger partial charge is 0.257 e. The van der Waals surface area contributed by atoms with Crippen LogP contribution in [0.25, 0.3) is 6.08 Å². The van der Waals surface area contributed by atoms with E-state index in [4.69, 9.17) is 30.5 Å². The van der Waals surface area contributed by atoms with Gasteiger partial charge in [0, 0.05) is 38.3 Å². The van der Waals surface area contributed by atoms with Gasteiger partial charge in [0.25, 0.3) is 5.91 Å². The van der Waals surface area contributed by atoms with Gasteiger partial charge in [0.1, 0.15) is 11.5 Å². The van der Waals surface area contributed by atoms with E-state index in [1.54, 1.807) is 53.3 Å². The molecule has 0 bridgehead atoms. The van der Waals surface area contributed by atoms with Gasteiger partial charge in [0.05, 0.1) is 38.5 Å². The zero-order valence-corrected chi connectivity index (χ0v) is 20.6. The lowest BCUT2D eigenvalue weighted by molar-refractivity contribution is -0.127. The van der Waals surface area contributed by atoms with Crippen molar-refractivity contribution < 1.29 is 28.5 Å². The largest absolute Gasteiger partial charge is 0.497 e. The molecule has 2 aromatic rings. The monoisotopic (exact) mass is 488 g/mol. The molecule has 0 spiro atoms. The molecule has 1 saturated heterocycles. The van der Waals surface area contributed by atoms with E-state index in [0.29, 0.717) is 66.4 Å². The summed E-state index contributed by atoms with van der Waals surface area (Å²) in [5.74, 6) is 1.77. The molecule has 0 aliphatic carbocycles. The number of methoxy groups -OCH3 is 3. The predicted molar refractivity (Wildman–Crippen MR) is 130 cm³/mol. The Hall–Kier alpha value is -3.39. The van der Waals surface area contributed by atoms with Gasteiger partial charge in [-0.2, -0.15) is 0 Å². The minimum absolute atomic E-state index is 0.140. The predicted octanol–water partition coefficient (Wildman–Crippen LogP) is 3.76. The van der Waals surface area contributed by atoms with E-state index >= 15 is 0 Å². The number of ether oxygens (including phenoxy) is 4. The molecule has 2 amide bonds. The van der Waals surface area contributed by atoms with E-state index in [-0.39, 0.29) is 11.8 Å². The van der Waals surface area contributed by atoms with Crippen LogP contribution in [-0.2, 0) is 4.79 Å². The molecule has 1 heterocycles. The number of halogens is 1. The number of rotatable bonds is 8. The van der Waals surface area contributed by atoms with E-state index in [1.165, 1.54) is 20.3 Å². The summed E-state index contributed by atoms with van der Waals surface area (Å²) in [5, 5.41) is 0.404. The van der Waals surface area contributed by atoms with Crippen LogP contribution in [0, 0.1) is 0 Å². The molecule has 2 aromatic carbocycles. The van der Waals surface area contributed by atoms with Gasteiger partial charge in [0.15, 0.2) is 11.5 Å². The van der Waals surface area contributed by atoms with Gasteiger partial charge in [-0.05, 0) is 42.8 Å². The first-order valence-corrected chi connectivity index (χ1v) is 11.3. The van der Waals surface area contributed by atoms with Crippen LogP contribution in [0.1, 0.15) is 22.8 Å². The van der Waals surface area contributed by atoms with E-state index in [1.807, 2.05) is 6.92 Å². The summed E-state index contributed by atoms with van der Waals surface area (Å²) in [5.41, 5.74) is 1.19. The van der Waals surface area contributed by atoms with Crippen molar-refractivity contribution in [3.05, 3.63) is 52.6 Å². The Morgan fingerprint density at radius 3 is 2.26 bits per heavy atom. The average Bonchev–Trinajstić information content (AvgIpc) is 2.86. The van der Waals surface area contributed by atoms with Crippen LogP contribution in [0.4, 0.5) is 0 Å². The molecule has 8 nitrogen and oxygen atoms in total. The summed E-state index contributed by atoms with van der Waals surface area (Å²) in [6.07, 6.45) is 3.19. The SMILES string of the molecule is CCOc1cc(C=CC(=O)N2CCN(C(=O)c3ccc(OC)cc3OC)CC2)cc(Cl)c1OC. The maximum Gasteiger partial charge on any atom is 0.257 e. The second kappa shape index (κ2) is 11.7. The van der Waals surface area contributed by atoms with Crippen molar-refractivity contribution in [3.63, 3.8) is 0 Å². The van der Waals surface area contributed by atoms with Crippen LogP contribution in [0.15, 0.2) is 36.4 Å². The number of nitrogens with zero attached hydrogens (tertiary/aromatic N) is 2. The minimum atomic E-state index is -0.140. The molecule has 0 atom stereocenters. The van der Waals surface area contributed by atoms with Crippen LogP contribution in [-0.4, -0.2) is 75.7 Å².